The van der Waals surface area contributed by atoms with Gasteiger partial charge in [-0.2, -0.15) is 0 Å². The van der Waals surface area contributed by atoms with Crippen molar-refractivity contribution >= 4 is 5.91 Å². The summed E-state index contributed by atoms with van der Waals surface area (Å²) in [4.78, 5) is 13.0. The molecule has 376 valence electrons. The summed E-state index contributed by atoms with van der Waals surface area (Å²) in [5.41, 5.74) is 0. The third-order valence-corrected chi connectivity index (χ3v) is 12.3. The van der Waals surface area contributed by atoms with Crippen molar-refractivity contribution in [2.45, 2.75) is 262 Å². The minimum Gasteiger partial charge on any atom is -0.394 e. The van der Waals surface area contributed by atoms with Gasteiger partial charge in [0.1, 0.15) is 24.4 Å². The largest absolute Gasteiger partial charge is 0.394 e. The molecule has 1 fully saturated rings. The molecule has 65 heavy (non-hydrogen) atoms. The van der Waals surface area contributed by atoms with Gasteiger partial charge >= 0.3 is 0 Å². The molecule has 0 aliphatic carbocycles. The zero-order chi connectivity index (χ0) is 47.3. The van der Waals surface area contributed by atoms with Crippen molar-refractivity contribution < 1.29 is 39.8 Å². The number of carbonyl (C=O) groups is 1. The van der Waals surface area contributed by atoms with Crippen molar-refractivity contribution in [3.05, 3.63) is 72.9 Å². The molecule has 9 heteroatoms. The maximum Gasteiger partial charge on any atom is 0.220 e. The fraction of sp³-hybridized carbons (Fsp3) is 0.768. The van der Waals surface area contributed by atoms with Crippen molar-refractivity contribution in [3.8, 4) is 0 Å². The fourth-order valence-electron chi connectivity index (χ4n) is 8.05. The molecule has 0 aromatic rings. The number of aliphatic hydroxyl groups excluding tert-OH is 5. The van der Waals surface area contributed by atoms with E-state index in [-0.39, 0.29) is 12.5 Å². The highest BCUT2D eigenvalue weighted by Gasteiger charge is 2.44. The Balaban J connectivity index is 2.09. The number of amides is 1. The lowest BCUT2D eigenvalue weighted by molar-refractivity contribution is -0.302. The number of hydrogen-bond donors (Lipinski definition) is 6. The van der Waals surface area contributed by atoms with Crippen LogP contribution >= 0.6 is 0 Å². The highest BCUT2D eigenvalue weighted by Crippen LogP contribution is 2.23. The third-order valence-electron chi connectivity index (χ3n) is 12.3. The number of nitrogens with one attached hydrogen (secondary N) is 1. The van der Waals surface area contributed by atoms with Crippen LogP contribution in [0, 0.1) is 0 Å². The molecule has 7 atom stereocenters. The standard InChI is InChI=1S/C56H99NO8/c1-3-5-7-9-11-13-14-15-16-17-18-19-20-21-22-23-24-25-26-27-28-29-30-31-32-33-34-35-36-38-40-42-44-46-52(60)57-49(50(59)45-43-41-39-37-12-10-8-6-4-2)48-64-56-55(63)54(62)53(61)51(47-58)65-56/h5,7,11-13,15-16,18-19,37,43,45,49-51,53-56,58-59,61-63H,3-4,6,8-10,14,17,20-36,38-42,44,46-48H2,1-2H3,(H,57,60)/b7-5-,13-11-,16-15-,19-18-,37-12+,45-43+. The summed E-state index contributed by atoms with van der Waals surface area (Å²) in [5, 5.41) is 54.1. The number of ether oxygens (including phenoxy) is 2. The monoisotopic (exact) mass is 914 g/mol. The van der Waals surface area contributed by atoms with E-state index in [9.17, 15) is 30.3 Å². The van der Waals surface area contributed by atoms with Crippen LogP contribution in [0.1, 0.15) is 219 Å². The maximum absolute atomic E-state index is 13.0. The number of allylic oxidation sites excluding steroid dienone is 11. The molecule has 0 spiro atoms. The third kappa shape index (κ3) is 35.4. The highest BCUT2D eigenvalue weighted by atomic mass is 16.7. The number of hydrogen-bond acceptors (Lipinski definition) is 8. The minimum absolute atomic E-state index is 0.190. The molecule has 7 unspecified atom stereocenters. The quantitative estimate of drug-likeness (QED) is 0.0261. The van der Waals surface area contributed by atoms with Crippen LogP contribution in [-0.4, -0.2) is 87.5 Å². The van der Waals surface area contributed by atoms with E-state index in [1.54, 1.807) is 6.08 Å². The summed E-state index contributed by atoms with van der Waals surface area (Å²) in [6, 6.07) is -0.820. The smallest absolute Gasteiger partial charge is 0.220 e. The summed E-state index contributed by atoms with van der Waals surface area (Å²) < 4.78 is 11.2. The summed E-state index contributed by atoms with van der Waals surface area (Å²) >= 11 is 0. The second kappa shape index (κ2) is 45.4. The predicted octanol–water partition coefficient (Wildman–Crippen LogP) is 12.5. The van der Waals surface area contributed by atoms with Crippen LogP contribution in [0.3, 0.4) is 0 Å². The molecule has 0 aromatic heterocycles. The number of rotatable bonds is 44. The molecular formula is C56H99NO8. The molecule has 1 rings (SSSR count). The first-order chi connectivity index (χ1) is 31.8. The number of unbranched alkanes of at least 4 members (excludes halogenated alkanes) is 24. The first-order valence-corrected chi connectivity index (χ1v) is 26.7. The van der Waals surface area contributed by atoms with Crippen molar-refractivity contribution in [1.29, 1.82) is 0 Å². The minimum atomic E-state index is -1.57. The van der Waals surface area contributed by atoms with Gasteiger partial charge in [0.15, 0.2) is 6.29 Å². The van der Waals surface area contributed by atoms with E-state index in [0.29, 0.717) is 6.42 Å². The SMILES string of the molecule is CC/C=C\C/C=C\C/C=C\C/C=C\CCCCCCCCCCCCCCCCCCCCCCC(=O)NC(COC1OC(CO)C(O)C(O)C1O)C(O)/C=C/CC/C=C/CCCCC. The van der Waals surface area contributed by atoms with Gasteiger partial charge in [0, 0.05) is 6.42 Å². The van der Waals surface area contributed by atoms with Gasteiger partial charge in [0.05, 0.1) is 25.4 Å². The van der Waals surface area contributed by atoms with Gasteiger partial charge in [-0.05, 0) is 70.6 Å². The van der Waals surface area contributed by atoms with Gasteiger partial charge in [0.25, 0.3) is 0 Å². The molecule has 0 radical (unpaired) electrons. The zero-order valence-corrected chi connectivity index (χ0v) is 41.5. The highest BCUT2D eigenvalue weighted by molar-refractivity contribution is 5.76. The van der Waals surface area contributed by atoms with E-state index in [1.807, 2.05) is 6.08 Å². The Labute approximate surface area is 398 Å². The molecule has 6 N–H and O–H groups in total. The second-order valence-corrected chi connectivity index (χ2v) is 18.3. The number of carbonyl (C=O) groups excluding carboxylic acids is 1. The van der Waals surface area contributed by atoms with Crippen LogP contribution in [0.5, 0.6) is 0 Å². The van der Waals surface area contributed by atoms with Crippen molar-refractivity contribution in [3.63, 3.8) is 0 Å². The Bertz CT molecular complexity index is 1240. The predicted molar refractivity (Wildman–Crippen MR) is 272 cm³/mol. The van der Waals surface area contributed by atoms with E-state index < -0.39 is 49.5 Å². The van der Waals surface area contributed by atoms with E-state index >= 15 is 0 Å². The van der Waals surface area contributed by atoms with Crippen LogP contribution in [0.25, 0.3) is 0 Å². The van der Waals surface area contributed by atoms with Gasteiger partial charge in [-0.15, -0.1) is 0 Å². The first kappa shape index (κ1) is 60.6. The van der Waals surface area contributed by atoms with Crippen molar-refractivity contribution in [1.82, 2.24) is 5.32 Å². The molecule has 9 nitrogen and oxygen atoms in total. The van der Waals surface area contributed by atoms with Crippen LogP contribution in [-0.2, 0) is 14.3 Å². The van der Waals surface area contributed by atoms with Gasteiger partial charge < -0.3 is 40.3 Å². The molecule has 1 aliphatic rings. The Hall–Kier alpha value is -2.37. The van der Waals surface area contributed by atoms with Gasteiger partial charge in [-0.3, -0.25) is 4.79 Å². The van der Waals surface area contributed by atoms with Gasteiger partial charge in [-0.25, -0.2) is 0 Å². The summed E-state index contributed by atoms with van der Waals surface area (Å²) in [7, 11) is 0. The lowest BCUT2D eigenvalue weighted by Gasteiger charge is -2.40. The van der Waals surface area contributed by atoms with E-state index in [0.717, 1.165) is 64.2 Å². The lowest BCUT2D eigenvalue weighted by atomic mass is 9.99. The average molecular weight is 914 g/mol. The molecule has 1 heterocycles. The number of aliphatic hydroxyl groups is 5. The van der Waals surface area contributed by atoms with Gasteiger partial charge in [0.2, 0.25) is 5.91 Å². The Morgan fingerprint density at radius 3 is 1.48 bits per heavy atom. The normalized spacial score (nSPS) is 20.5. The summed E-state index contributed by atoms with van der Waals surface area (Å²) in [5.74, 6) is -0.190. The summed E-state index contributed by atoms with van der Waals surface area (Å²) in [6.45, 7) is 3.59. The topological polar surface area (TPSA) is 149 Å². The summed E-state index contributed by atoms with van der Waals surface area (Å²) in [6.07, 6.45) is 55.7. The van der Waals surface area contributed by atoms with Crippen LogP contribution in [0.15, 0.2) is 72.9 Å². The molecular weight excluding hydrogens is 815 g/mol. The Morgan fingerprint density at radius 1 is 0.538 bits per heavy atom. The molecule has 1 saturated heterocycles. The lowest BCUT2D eigenvalue weighted by Crippen LogP contribution is -2.60. The Kier molecular flexibility index (Phi) is 42.4. The first-order valence-electron chi connectivity index (χ1n) is 26.7. The van der Waals surface area contributed by atoms with Crippen LogP contribution < -0.4 is 5.32 Å². The fourth-order valence-corrected chi connectivity index (χ4v) is 8.05. The van der Waals surface area contributed by atoms with Crippen molar-refractivity contribution in [2.24, 2.45) is 0 Å². The second-order valence-electron chi connectivity index (χ2n) is 18.3. The molecule has 0 saturated carbocycles. The van der Waals surface area contributed by atoms with Gasteiger partial charge in [-0.1, -0.05) is 215 Å². The van der Waals surface area contributed by atoms with Crippen LogP contribution in [0.4, 0.5) is 0 Å². The average Bonchev–Trinajstić information content (AvgIpc) is 3.31. The van der Waals surface area contributed by atoms with E-state index in [1.165, 1.54) is 135 Å². The maximum atomic E-state index is 13.0. The van der Waals surface area contributed by atoms with E-state index in [4.69, 9.17) is 9.47 Å². The Morgan fingerprint density at radius 2 is 0.969 bits per heavy atom. The van der Waals surface area contributed by atoms with Crippen molar-refractivity contribution in [2.75, 3.05) is 13.2 Å². The molecule has 1 amide bonds. The zero-order valence-electron chi connectivity index (χ0n) is 41.5. The molecule has 1 aliphatic heterocycles. The molecule has 0 bridgehead atoms. The van der Waals surface area contributed by atoms with Crippen LogP contribution in [0.2, 0.25) is 0 Å². The van der Waals surface area contributed by atoms with E-state index in [2.05, 4.69) is 79.9 Å². The molecule has 0 aromatic carbocycles.